The molecule has 7 heteroatoms. The number of benzene rings is 2. The van der Waals surface area contributed by atoms with Gasteiger partial charge in [0.15, 0.2) is 0 Å². The van der Waals surface area contributed by atoms with Crippen molar-refractivity contribution in [3.63, 3.8) is 0 Å². The van der Waals surface area contributed by atoms with Gasteiger partial charge in [-0.15, -0.1) is 0 Å². The summed E-state index contributed by atoms with van der Waals surface area (Å²) < 4.78 is 6.97. The van der Waals surface area contributed by atoms with E-state index in [1.807, 2.05) is 48.5 Å². The molecule has 0 saturated carbocycles. The minimum absolute atomic E-state index is 0.0292. The Labute approximate surface area is 183 Å². The molecule has 0 atom stereocenters. The van der Waals surface area contributed by atoms with E-state index in [4.69, 9.17) is 9.84 Å². The fourth-order valence-corrected chi connectivity index (χ4v) is 3.40. The Morgan fingerprint density at radius 1 is 1.07 bits per heavy atom. The second-order valence-electron chi connectivity index (χ2n) is 6.73. The number of aliphatic hydroxyl groups excluding tert-OH is 1. The van der Waals surface area contributed by atoms with Crippen molar-refractivity contribution in [1.82, 2.24) is 10.3 Å². The molecule has 0 spiro atoms. The van der Waals surface area contributed by atoms with Gasteiger partial charge in [0.25, 0.3) is 11.5 Å². The maximum atomic E-state index is 12.2. The summed E-state index contributed by atoms with van der Waals surface area (Å²) in [4.78, 5) is 26.9. The van der Waals surface area contributed by atoms with Crippen LogP contribution in [0.2, 0.25) is 0 Å². The first kappa shape index (κ1) is 21.8. The standard InChI is InChI=1S/C23H23BrN2O4/c24-18-7-11-21(30-15-16-4-2-1-3-5-16)17(14-18)6-8-19-9-10-20(23(29)26-19)22(28)25-12-13-27/h1-5,7,9-11,14,27H,6,8,12-13,15H2,(H,25,28)(H,26,29). The van der Waals surface area contributed by atoms with E-state index in [2.05, 4.69) is 26.2 Å². The number of rotatable bonds is 9. The molecular formula is C23H23BrN2O4. The number of hydrogen-bond donors (Lipinski definition) is 3. The van der Waals surface area contributed by atoms with Gasteiger partial charge in [-0.05, 0) is 54.3 Å². The number of nitrogens with one attached hydrogen (secondary N) is 2. The fraction of sp³-hybridized carbons (Fsp3) is 0.217. The molecular weight excluding hydrogens is 448 g/mol. The van der Waals surface area contributed by atoms with Crippen LogP contribution in [0.5, 0.6) is 5.75 Å². The normalized spacial score (nSPS) is 10.6. The molecule has 156 valence electrons. The Balaban J connectivity index is 1.68. The van der Waals surface area contributed by atoms with Gasteiger partial charge >= 0.3 is 0 Å². The number of carbonyl (C=O) groups is 1. The van der Waals surface area contributed by atoms with Crippen LogP contribution in [-0.4, -0.2) is 29.1 Å². The molecule has 3 aromatic rings. The van der Waals surface area contributed by atoms with Gasteiger partial charge in [-0.25, -0.2) is 0 Å². The Morgan fingerprint density at radius 2 is 1.87 bits per heavy atom. The van der Waals surface area contributed by atoms with Gasteiger partial charge < -0.3 is 20.1 Å². The Hall–Kier alpha value is -2.90. The average molecular weight is 471 g/mol. The van der Waals surface area contributed by atoms with Crippen LogP contribution in [0.1, 0.15) is 27.2 Å². The van der Waals surface area contributed by atoms with E-state index in [9.17, 15) is 9.59 Å². The number of carbonyl (C=O) groups excluding carboxylic acids is 1. The number of ether oxygens (including phenoxy) is 1. The molecule has 6 nitrogen and oxygen atoms in total. The first-order chi connectivity index (χ1) is 14.6. The third-order valence-electron chi connectivity index (χ3n) is 4.54. The Bertz CT molecular complexity index is 1050. The lowest BCUT2D eigenvalue weighted by Gasteiger charge is -2.12. The predicted octanol–water partition coefficient (Wildman–Crippen LogP) is 3.22. The number of hydrogen-bond acceptors (Lipinski definition) is 4. The van der Waals surface area contributed by atoms with E-state index in [1.54, 1.807) is 6.07 Å². The van der Waals surface area contributed by atoms with E-state index in [1.165, 1.54) is 6.07 Å². The summed E-state index contributed by atoms with van der Waals surface area (Å²) in [5, 5.41) is 11.3. The average Bonchev–Trinajstić information content (AvgIpc) is 2.76. The number of aryl methyl sites for hydroxylation is 2. The lowest BCUT2D eigenvalue weighted by Crippen LogP contribution is -2.31. The van der Waals surface area contributed by atoms with Crippen molar-refractivity contribution >= 4 is 21.8 Å². The lowest BCUT2D eigenvalue weighted by molar-refractivity contribution is 0.0943. The maximum Gasteiger partial charge on any atom is 0.260 e. The van der Waals surface area contributed by atoms with E-state index in [-0.39, 0.29) is 18.7 Å². The lowest BCUT2D eigenvalue weighted by atomic mass is 10.1. The van der Waals surface area contributed by atoms with Crippen molar-refractivity contribution in [2.24, 2.45) is 0 Å². The summed E-state index contributed by atoms with van der Waals surface area (Å²) in [5.74, 6) is 0.296. The summed E-state index contributed by atoms with van der Waals surface area (Å²) >= 11 is 3.50. The highest BCUT2D eigenvalue weighted by molar-refractivity contribution is 9.10. The molecule has 0 saturated heterocycles. The van der Waals surface area contributed by atoms with Crippen molar-refractivity contribution in [2.45, 2.75) is 19.4 Å². The molecule has 3 rings (SSSR count). The van der Waals surface area contributed by atoms with Crippen molar-refractivity contribution < 1.29 is 14.6 Å². The first-order valence-corrected chi connectivity index (χ1v) is 10.4. The van der Waals surface area contributed by atoms with Crippen molar-refractivity contribution in [2.75, 3.05) is 13.2 Å². The zero-order chi connectivity index (χ0) is 21.3. The third kappa shape index (κ3) is 6.05. The minimum atomic E-state index is -0.500. The van der Waals surface area contributed by atoms with Gasteiger partial charge in [0.2, 0.25) is 0 Å². The molecule has 0 aliphatic carbocycles. The number of amides is 1. The second kappa shape index (κ2) is 10.8. The Morgan fingerprint density at radius 3 is 2.60 bits per heavy atom. The minimum Gasteiger partial charge on any atom is -0.489 e. The summed E-state index contributed by atoms with van der Waals surface area (Å²) in [7, 11) is 0. The van der Waals surface area contributed by atoms with Crippen LogP contribution in [0, 0.1) is 0 Å². The quantitative estimate of drug-likeness (QED) is 0.447. The number of halogens is 1. The van der Waals surface area contributed by atoms with E-state index in [0.717, 1.165) is 27.0 Å². The molecule has 1 amide bonds. The molecule has 0 unspecified atom stereocenters. The van der Waals surface area contributed by atoms with Gasteiger partial charge in [-0.3, -0.25) is 9.59 Å². The molecule has 2 aromatic carbocycles. The van der Waals surface area contributed by atoms with Crippen molar-refractivity contribution in [1.29, 1.82) is 0 Å². The number of H-pyrrole nitrogens is 1. The number of pyridine rings is 1. The molecule has 3 N–H and O–H groups in total. The summed E-state index contributed by atoms with van der Waals surface area (Å²) in [6.45, 7) is 0.404. The molecule has 0 aliphatic heterocycles. The van der Waals surface area contributed by atoms with Crippen LogP contribution < -0.4 is 15.6 Å². The maximum absolute atomic E-state index is 12.2. The van der Waals surface area contributed by atoms with Crippen LogP contribution in [0.15, 0.2) is 69.9 Å². The van der Waals surface area contributed by atoms with Gasteiger partial charge in [0, 0.05) is 16.7 Å². The SMILES string of the molecule is O=C(NCCO)c1ccc(CCc2cc(Br)ccc2OCc2ccccc2)[nH]c1=O. The van der Waals surface area contributed by atoms with Gasteiger partial charge in [-0.1, -0.05) is 46.3 Å². The number of aromatic nitrogens is 1. The van der Waals surface area contributed by atoms with Crippen LogP contribution in [-0.2, 0) is 19.4 Å². The first-order valence-electron chi connectivity index (χ1n) is 9.63. The Kier molecular flexibility index (Phi) is 7.82. The van der Waals surface area contributed by atoms with Crippen LogP contribution >= 0.6 is 15.9 Å². The monoisotopic (exact) mass is 470 g/mol. The van der Waals surface area contributed by atoms with E-state index >= 15 is 0 Å². The molecule has 0 aliphatic rings. The largest absolute Gasteiger partial charge is 0.489 e. The van der Waals surface area contributed by atoms with Crippen molar-refractivity contribution in [3.8, 4) is 5.75 Å². The van der Waals surface area contributed by atoms with Crippen molar-refractivity contribution in [3.05, 3.63) is 97.9 Å². The number of aliphatic hydroxyl groups is 1. The van der Waals surface area contributed by atoms with E-state index in [0.29, 0.717) is 19.4 Å². The predicted molar refractivity (Wildman–Crippen MR) is 119 cm³/mol. The molecule has 0 bridgehead atoms. The second-order valence-corrected chi connectivity index (χ2v) is 7.65. The zero-order valence-corrected chi connectivity index (χ0v) is 17.9. The fourth-order valence-electron chi connectivity index (χ4n) is 2.99. The van der Waals surface area contributed by atoms with Gasteiger partial charge in [0.1, 0.15) is 17.9 Å². The highest BCUT2D eigenvalue weighted by atomic mass is 79.9. The summed E-state index contributed by atoms with van der Waals surface area (Å²) in [5.41, 5.74) is 2.42. The van der Waals surface area contributed by atoms with Crippen LogP contribution in [0.3, 0.4) is 0 Å². The highest BCUT2D eigenvalue weighted by Crippen LogP contribution is 2.25. The molecule has 1 aromatic heterocycles. The van der Waals surface area contributed by atoms with Crippen LogP contribution in [0.25, 0.3) is 0 Å². The van der Waals surface area contributed by atoms with Gasteiger partial charge in [-0.2, -0.15) is 0 Å². The molecule has 0 radical (unpaired) electrons. The molecule has 0 fully saturated rings. The topological polar surface area (TPSA) is 91.4 Å². The van der Waals surface area contributed by atoms with Crippen LogP contribution in [0.4, 0.5) is 0 Å². The summed E-state index contributed by atoms with van der Waals surface area (Å²) in [6.07, 6.45) is 1.25. The molecule has 30 heavy (non-hydrogen) atoms. The van der Waals surface area contributed by atoms with E-state index < -0.39 is 11.5 Å². The highest BCUT2D eigenvalue weighted by Gasteiger charge is 2.11. The van der Waals surface area contributed by atoms with Gasteiger partial charge in [0.05, 0.1) is 6.61 Å². The smallest absolute Gasteiger partial charge is 0.260 e. The zero-order valence-electron chi connectivity index (χ0n) is 16.4. The molecule has 1 heterocycles. The summed E-state index contributed by atoms with van der Waals surface area (Å²) in [6, 6.07) is 19.1. The third-order valence-corrected chi connectivity index (χ3v) is 5.03. The number of aromatic amines is 1.